The Labute approximate surface area is 232 Å². The molecule has 3 aromatic carbocycles. The molecule has 0 heterocycles. The topological polar surface area (TPSA) is 86.8 Å². The lowest BCUT2D eigenvalue weighted by Gasteiger charge is -2.33. The average Bonchev–Trinajstić information content (AvgIpc) is 2.96. The molecule has 0 aromatic heterocycles. The van der Waals surface area contributed by atoms with E-state index in [1.165, 1.54) is 21.3 Å². The maximum absolute atomic E-state index is 14.0. The Hall–Kier alpha value is -3.65. The first-order valence-corrected chi connectivity index (χ1v) is 14.9. The van der Waals surface area contributed by atoms with Crippen LogP contribution in [0.2, 0.25) is 0 Å². The third-order valence-corrected chi connectivity index (χ3v) is 8.68. The van der Waals surface area contributed by atoms with Gasteiger partial charge >= 0.3 is 0 Å². The summed E-state index contributed by atoms with van der Waals surface area (Å²) in [5.74, 6) is -0.708. The number of hydrogen-bond donors (Lipinski definition) is 1. The van der Waals surface area contributed by atoms with Gasteiger partial charge in [0.1, 0.15) is 12.6 Å². The number of amides is 2. The maximum Gasteiger partial charge on any atom is 0.264 e. The molecule has 0 saturated heterocycles. The number of para-hydroxylation sites is 1. The largest absolute Gasteiger partial charge is 0.352 e. The zero-order valence-electron chi connectivity index (χ0n) is 23.2. The molecule has 2 amide bonds. The molecular weight excluding hydrogens is 510 g/mol. The van der Waals surface area contributed by atoms with Gasteiger partial charge in [0.15, 0.2) is 0 Å². The van der Waals surface area contributed by atoms with Crippen LogP contribution in [0.4, 0.5) is 5.69 Å². The van der Waals surface area contributed by atoms with E-state index in [2.05, 4.69) is 5.32 Å². The normalized spacial score (nSPS) is 12.8. The number of nitrogens with zero attached hydrogens (tertiary/aromatic N) is 2. The number of sulfonamides is 1. The first-order chi connectivity index (χ1) is 18.7. The molecular formula is C31H39N3O4S. The van der Waals surface area contributed by atoms with Crippen molar-refractivity contribution in [2.24, 2.45) is 0 Å². The monoisotopic (exact) mass is 549 g/mol. The van der Waals surface area contributed by atoms with Gasteiger partial charge in [-0.05, 0) is 62.4 Å². The number of rotatable bonds is 13. The minimum Gasteiger partial charge on any atom is -0.352 e. The van der Waals surface area contributed by atoms with E-state index < -0.39 is 28.5 Å². The zero-order valence-corrected chi connectivity index (χ0v) is 24.0. The molecule has 0 radical (unpaired) electrons. The van der Waals surface area contributed by atoms with Crippen LogP contribution in [-0.2, 0) is 32.5 Å². The highest BCUT2D eigenvalue weighted by Gasteiger charge is 2.33. The quantitative estimate of drug-likeness (QED) is 0.331. The number of anilines is 1. The minimum absolute atomic E-state index is 0.0441. The fourth-order valence-electron chi connectivity index (χ4n) is 4.32. The van der Waals surface area contributed by atoms with Gasteiger partial charge in [0.2, 0.25) is 11.8 Å². The molecule has 208 valence electrons. The van der Waals surface area contributed by atoms with Gasteiger partial charge in [0.05, 0.1) is 10.6 Å². The Morgan fingerprint density at radius 1 is 0.846 bits per heavy atom. The van der Waals surface area contributed by atoms with Gasteiger partial charge in [-0.1, -0.05) is 80.6 Å². The Kier molecular flexibility index (Phi) is 10.7. The van der Waals surface area contributed by atoms with Crippen molar-refractivity contribution in [1.29, 1.82) is 0 Å². The predicted octanol–water partition coefficient (Wildman–Crippen LogP) is 4.82. The van der Waals surface area contributed by atoms with Gasteiger partial charge in [0.25, 0.3) is 10.0 Å². The average molecular weight is 550 g/mol. The first kappa shape index (κ1) is 29.9. The third-order valence-electron chi connectivity index (χ3n) is 6.90. The van der Waals surface area contributed by atoms with Gasteiger partial charge in [-0.3, -0.25) is 13.9 Å². The fourth-order valence-corrected chi connectivity index (χ4v) is 5.79. The van der Waals surface area contributed by atoms with Crippen molar-refractivity contribution in [3.05, 3.63) is 96.1 Å². The highest BCUT2D eigenvalue weighted by atomic mass is 32.2. The van der Waals surface area contributed by atoms with Crippen LogP contribution >= 0.6 is 0 Å². The van der Waals surface area contributed by atoms with E-state index in [1.807, 2.05) is 63.2 Å². The number of benzene rings is 3. The van der Waals surface area contributed by atoms with E-state index in [9.17, 15) is 18.0 Å². The summed E-state index contributed by atoms with van der Waals surface area (Å²) in [5.41, 5.74) is 2.29. The van der Waals surface area contributed by atoms with Crippen molar-refractivity contribution in [1.82, 2.24) is 10.2 Å². The van der Waals surface area contributed by atoms with Crippen LogP contribution in [0.1, 0.15) is 45.2 Å². The highest BCUT2D eigenvalue weighted by Crippen LogP contribution is 2.28. The number of aryl methyl sites for hydroxylation is 1. The Bertz CT molecular complexity index is 1330. The van der Waals surface area contributed by atoms with Crippen molar-refractivity contribution >= 4 is 27.5 Å². The molecule has 3 rings (SSSR count). The van der Waals surface area contributed by atoms with Gasteiger partial charge in [0, 0.05) is 12.6 Å². The molecule has 0 bridgehead atoms. The maximum atomic E-state index is 14.0. The number of hydrogen-bond acceptors (Lipinski definition) is 4. The van der Waals surface area contributed by atoms with Crippen molar-refractivity contribution in [3.63, 3.8) is 0 Å². The van der Waals surface area contributed by atoms with E-state index in [-0.39, 0.29) is 23.4 Å². The minimum atomic E-state index is -4.07. The molecule has 8 heteroatoms. The van der Waals surface area contributed by atoms with Gasteiger partial charge in [-0.25, -0.2) is 8.42 Å². The molecule has 0 aliphatic carbocycles. The lowest BCUT2D eigenvalue weighted by atomic mass is 10.1. The molecule has 39 heavy (non-hydrogen) atoms. The second kappa shape index (κ2) is 13.9. The van der Waals surface area contributed by atoms with Gasteiger partial charge in [-0.2, -0.15) is 0 Å². The smallest absolute Gasteiger partial charge is 0.264 e. The lowest BCUT2D eigenvalue weighted by Crippen LogP contribution is -2.53. The number of carbonyl (C=O) groups is 2. The Morgan fingerprint density at radius 3 is 2.05 bits per heavy atom. The summed E-state index contributed by atoms with van der Waals surface area (Å²) >= 11 is 0. The van der Waals surface area contributed by atoms with Crippen molar-refractivity contribution in [2.45, 2.75) is 63.9 Å². The van der Waals surface area contributed by atoms with Crippen LogP contribution < -0.4 is 9.62 Å². The van der Waals surface area contributed by atoms with Gasteiger partial charge in [-0.15, -0.1) is 0 Å². The standard InChI is InChI=1S/C31H39N3O4S/c1-5-24(3)32-31(36)25(4)33(22-21-26-15-9-7-10-16-26)30(35)23-34(29-20-14-13-17-27(29)6-2)39(37,38)28-18-11-8-12-19-28/h7-20,24-25H,5-6,21-23H2,1-4H3,(H,32,36)/t24-,25-/m0/s1. The molecule has 0 spiro atoms. The summed E-state index contributed by atoms with van der Waals surface area (Å²) in [5, 5.41) is 2.96. The van der Waals surface area contributed by atoms with Crippen LogP contribution in [0, 0.1) is 0 Å². The second-order valence-electron chi connectivity index (χ2n) is 9.62. The summed E-state index contributed by atoms with van der Waals surface area (Å²) in [6, 6.07) is 24.2. The molecule has 0 aliphatic rings. The van der Waals surface area contributed by atoms with E-state index in [4.69, 9.17) is 0 Å². The highest BCUT2D eigenvalue weighted by molar-refractivity contribution is 7.92. The fraction of sp³-hybridized carbons (Fsp3) is 0.355. The molecule has 0 fully saturated rings. The van der Waals surface area contributed by atoms with Crippen molar-refractivity contribution < 1.29 is 18.0 Å². The van der Waals surface area contributed by atoms with Crippen LogP contribution in [0.25, 0.3) is 0 Å². The molecule has 0 unspecified atom stereocenters. The summed E-state index contributed by atoms with van der Waals surface area (Å²) < 4.78 is 29.0. The number of nitrogens with one attached hydrogen (secondary N) is 1. The molecule has 3 aromatic rings. The molecule has 1 N–H and O–H groups in total. The summed E-state index contributed by atoms with van der Waals surface area (Å²) in [6.45, 7) is 7.37. The van der Waals surface area contributed by atoms with Crippen LogP contribution in [0.15, 0.2) is 89.8 Å². The SMILES string of the molecule is CCc1ccccc1N(CC(=O)N(CCc1ccccc1)[C@@H](C)C(=O)N[C@@H](C)CC)S(=O)(=O)c1ccccc1. The van der Waals surface area contributed by atoms with E-state index in [0.717, 1.165) is 17.5 Å². The predicted molar refractivity (Wildman–Crippen MR) is 156 cm³/mol. The molecule has 2 atom stereocenters. The lowest BCUT2D eigenvalue weighted by molar-refractivity contribution is -0.139. The molecule has 7 nitrogen and oxygen atoms in total. The Balaban J connectivity index is 1.99. The van der Waals surface area contributed by atoms with E-state index in [0.29, 0.717) is 18.5 Å². The zero-order chi connectivity index (χ0) is 28.4. The van der Waals surface area contributed by atoms with Crippen LogP contribution in [0.5, 0.6) is 0 Å². The molecule has 0 saturated carbocycles. The van der Waals surface area contributed by atoms with E-state index >= 15 is 0 Å². The third kappa shape index (κ3) is 7.69. The summed E-state index contributed by atoms with van der Waals surface area (Å²) in [4.78, 5) is 28.7. The van der Waals surface area contributed by atoms with Crippen molar-refractivity contribution in [3.8, 4) is 0 Å². The molecule has 0 aliphatic heterocycles. The summed E-state index contributed by atoms with van der Waals surface area (Å²) in [7, 11) is -4.07. The number of carbonyl (C=O) groups excluding carboxylic acids is 2. The van der Waals surface area contributed by atoms with Crippen LogP contribution in [-0.4, -0.2) is 50.3 Å². The van der Waals surface area contributed by atoms with Crippen LogP contribution in [0.3, 0.4) is 0 Å². The van der Waals surface area contributed by atoms with Gasteiger partial charge < -0.3 is 10.2 Å². The van der Waals surface area contributed by atoms with Crippen molar-refractivity contribution in [2.75, 3.05) is 17.4 Å². The second-order valence-corrected chi connectivity index (χ2v) is 11.5. The first-order valence-electron chi connectivity index (χ1n) is 13.5. The summed E-state index contributed by atoms with van der Waals surface area (Å²) in [6.07, 6.45) is 1.88. The Morgan fingerprint density at radius 2 is 1.44 bits per heavy atom. The van der Waals surface area contributed by atoms with E-state index in [1.54, 1.807) is 37.3 Å².